The molecule has 0 unspecified atom stereocenters. The molecule has 0 radical (unpaired) electrons. The Morgan fingerprint density at radius 3 is 2.92 bits per heavy atom. The third-order valence-electron chi connectivity index (χ3n) is 1.42. The fourth-order valence-corrected chi connectivity index (χ4v) is 1.61. The first-order valence-electron chi connectivity index (χ1n) is 4.36. The fraction of sp³-hybridized carbons (Fsp3) is 0.556. The van der Waals surface area contributed by atoms with Crippen molar-refractivity contribution in [1.29, 1.82) is 0 Å². The zero-order valence-corrected chi connectivity index (χ0v) is 9.06. The standard InChI is InChI=1S/C9H15N3S/c1-7(2)6-13-8-4-5-11-9(10-3)12-8/h4-5,7H,6H2,1-3H3,(H,10,11,12). The van der Waals surface area contributed by atoms with Gasteiger partial charge in [0.2, 0.25) is 5.95 Å². The van der Waals surface area contributed by atoms with Gasteiger partial charge in [-0.1, -0.05) is 13.8 Å². The third kappa shape index (κ3) is 3.63. The van der Waals surface area contributed by atoms with E-state index in [1.54, 1.807) is 18.0 Å². The van der Waals surface area contributed by atoms with Gasteiger partial charge in [-0.15, -0.1) is 11.8 Å². The van der Waals surface area contributed by atoms with Crippen LogP contribution in [0.4, 0.5) is 5.95 Å². The van der Waals surface area contributed by atoms with Gasteiger partial charge < -0.3 is 5.32 Å². The summed E-state index contributed by atoms with van der Waals surface area (Å²) in [5.41, 5.74) is 0. The predicted molar refractivity (Wildman–Crippen MR) is 57.1 cm³/mol. The van der Waals surface area contributed by atoms with Gasteiger partial charge >= 0.3 is 0 Å². The summed E-state index contributed by atoms with van der Waals surface area (Å²) in [5.74, 6) is 2.48. The Bertz CT molecular complexity index is 263. The second-order valence-corrected chi connectivity index (χ2v) is 4.21. The van der Waals surface area contributed by atoms with E-state index in [4.69, 9.17) is 0 Å². The minimum Gasteiger partial charge on any atom is -0.357 e. The molecule has 0 amide bonds. The van der Waals surface area contributed by atoms with Gasteiger partial charge in [0, 0.05) is 19.0 Å². The van der Waals surface area contributed by atoms with Crippen LogP contribution in [-0.4, -0.2) is 22.8 Å². The summed E-state index contributed by atoms with van der Waals surface area (Å²) in [6, 6.07) is 1.94. The molecule has 0 fully saturated rings. The van der Waals surface area contributed by atoms with Crippen molar-refractivity contribution in [2.75, 3.05) is 18.1 Å². The SMILES string of the molecule is CNc1nccc(SCC(C)C)n1. The molecule has 1 aromatic heterocycles. The molecule has 0 aliphatic heterocycles. The highest BCUT2D eigenvalue weighted by atomic mass is 32.2. The minimum absolute atomic E-state index is 0.689. The van der Waals surface area contributed by atoms with Crippen molar-refractivity contribution in [1.82, 2.24) is 9.97 Å². The number of hydrogen-bond acceptors (Lipinski definition) is 4. The Hall–Kier alpha value is -0.770. The van der Waals surface area contributed by atoms with Crippen LogP contribution in [0.2, 0.25) is 0 Å². The van der Waals surface area contributed by atoms with Crippen molar-refractivity contribution in [2.45, 2.75) is 18.9 Å². The fourth-order valence-electron chi connectivity index (χ4n) is 0.795. The molecule has 0 atom stereocenters. The molecule has 3 nitrogen and oxygen atoms in total. The zero-order valence-electron chi connectivity index (χ0n) is 8.24. The molecule has 0 aliphatic rings. The van der Waals surface area contributed by atoms with E-state index in [9.17, 15) is 0 Å². The Balaban J connectivity index is 2.56. The summed E-state index contributed by atoms with van der Waals surface area (Å²) in [4.78, 5) is 8.35. The van der Waals surface area contributed by atoms with Crippen LogP contribution in [0.3, 0.4) is 0 Å². The second kappa shape index (κ2) is 5.07. The van der Waals surface area contributed by atoms with Gasteiger partial charge in [-0.3, -0.25) is 0 Å². The van der Waals surface area contributed by atoms with Gasteiger partial charge in [0.1, 0.15) is 5.03 Å². The quantitative estimate of drug-likeness (QED) is 0.593. The highest BCUT2D eigenvalue weighted by Gasteiger charge is 1.99. The van der Waals surface area contributed by atoms with Crippen LogP contribution in [0.1, 0.15) is 13.8 Å². The number of nitrogens with one attached hydrogen (secondary N) is 1. The number of nitrogens with zero attached hydrogens (tertiary/aromatic N) is 2. The maximum Gasteiger partial charge on any atom is 0.223 e. The molecule has 4 heteroatoms. The van der Waals surface area contributed by atoms with Crippen molar-refractivity contribution in [3.63, 3.8) is 0 Å². The van der Waals surface area contributed by atoms with Crippen LogP contribution in [0.25, 0.3) is 0 Å². The van der Waals surface area contributed by atoms with Gasteiger partial charge in [-0.05, 0) is 12.0 Å². The number of anilines is 1. The highest BCUT2D eigenvalue weighted by Crippen LogP contribution is 2.18. The summed E-state index contributed by atoms with van der Waals surface area (Å²) < 4.78 is 0. The monoisotopic (exact) mass is 197 g/mol. The molecule has 0 saturated carbocycles. The summed E-state index contributed by atoms with van der Waals surface area (Å²) in [6.45, 7) is 4.40. The van der Waals surface area contributed by atoms with Gasteiger partial charge in [0.25, 0.3) is 0 Å². The maximum atomic E-state index is 4.30. The molecule has 1 rings (SSSR count). The average molecular weight is 197 g/mol. The molecule has 0 saturated heterocycles. The molecule has 0 aromatic carbocycles. The van der Waals surface area contributed by atoms with E-state index in [0.717, 1.165) is 10.8 Å². The van der Waals surface area contributed by atoms with Crippen LogP contribution in [0, 0.1) is 5.92 Å². The number of hydrogen-bond donors (Lipinski definition) is 1. The molecular weight excluding hydrogens is 182 g/mol. The predicted octanol–water partition coefficient (Wildman–Crippen LogP) is 2.27. The lowest BCUT2D eigenvalue weighted by atomic mass is 10.3. The molecule has 72 valence electrons. The Labute approximate surface area is 83.4 Å². The van der Waals surface area contributed by atoms with Gasteiger partial charge in [0.15, 0.2) is 0 Å². The Kier molecular flexibility index (Phi) is 4.02. The first-order chi connectivity index (χ1) is 6.22. The minimum atomic E-state index is 0.689. The van der Waals surface area contributed by atoms with Crippen molar-refractivity contribution >= 4 is 17.7 Å². The van der Waals surface area contributed by atoms with Crippen molar-refractivity contribution in [3.05, 3.63) is 12.3 Å². The van der Waals surface area contributed by atoms with E-state index >= 15 is 0 Å². The topological polar surface area (TPSA) is 37.8 Å². The number of aromatic nitrogens is 2. The van der Waals surface area contributed by atoms with Gasteiger partial charge in [-0.2, -0.15) is 0 Å². The summed E-state index contributed by atoms with van der Waals surface area (Å²) in [5, 5.41) is 3.95. The van der Waals surface area contributed by atoms with Gasteiger partial charge in [0.05, 0.1) is 0 Å². The summed E-state index contributed by atoms with van der Waals surface area (Å²) in [7, 11) is 1.83. The van der Waals surface area contributed by atoms with E-state index in [1.807, 2.05) is 13.1 Å². The van der Waals surface area contributed by atoms with E-state index in [1.165, 1.54) is 0 Å². The van der Waals surface area contributed by atoms with Crippen molar-refractivity contribution < 1.29 is 0 Å². The summed E-state index contributed by atoms with van der Waals surface area (Å²) in [6.07, 6.45) is 1.78. The Morgan fingerprint density at radius 2 is 2.31 bits per heavy atom. The van der Waals surface area contributed by atoms with Crippen molar-refractivity contribution in [2.24, 2.45) is 5.92 Å². The lowest BCUT2D eigenvalue weighted by Crippen LogP contribution is -1.97. The first kappa shape index (κ1) is 10.3. The lowest BCUT2D eigenvalue weighted by Gasteiger charge is -2.04. The second-order valence-electron chi connectivity index (χ2n) is 3.17. The molecule has 0 spiro atoms. The van der Waals surface area contributed by atoms with E-state index < -0.39 is 0 Å². The van der Waals surface area contributed by atoms with Crippen LogP contribution < -0.4 is 5.32 Å². The van der Waals surface area contributed by atoms with Crippen LogP contribution in [-0.2, 0) is 0 Å². The molecule has 1 N–H and O–H groups in total. The van der Waals surface area contributed by atoms with Crippen LogP contribution in [0.5, 0.6) is 0 Å². The van der Waals surface area contributed by atoms with Crippen LogP contribution >= 0.6 is 11.8 Å². The van der Waals surface area contributed by atoms with E-state index in [-0.39, 0.29) is 0 Å². The largest absolute Gasteiger partial charge is 0.357 e. The third-order valence-corrected chi connectivity index (χ3v) is 2.77. The number of rotatable bonds is 4. The lowest BCUT2D eigenvalue weighted by molar-refractivity contribution is 0.749. The van der Waals surface area contributed by atoms with E-state index in [2.05, 4.69) is 29.1 Å². The average Bonchev–Trinajstić information content (AvgIpc) is 2.15. The van der Waals surface area contributed by atoms with Gasteiger partial charge in [-0.25, -0.2) is 9.97 Å². The Morgan fingerprint density at radius 1 is 1.54 bits per heavy atom. The normalized spacial score (nSPS) is 10.5. The zero-order chi connectivity index (χ0) is 9.68. The molecule has 1 aromatic rings. The van der Waals surface area contributed by atoms with Crippen molar-refractivity contribution in [3.8, 4) is 0 Å². The molecule has 13 heavy (non-hydrogen) atoms. The maximum absolute atomic E-state index is 4.30. The molecule has 0 bridgehead atoms. The first-order valence-corrected chi connectivity index (χ1v) is 5.34. The van der Waals surface area contributed by atoms with Crippen LogP contribution in [0.15, 0.2) is 17.3 Å². The molecule has 0 aliphatic carbocycles. The smallest absolute Gasteiger partial charge is 0.223 e. The van der Waals surface area contributed by atoms with E-state index in [0.29, 0.717) is 11.9 Å². The number of thioether (sulfide) groups is 1. The molecule has 1 heterocycles. The molecular formula is C9H15N3S. The highest BCUT2D eigenvalue weighted by molar-refractivity contribution is 7.99. The summed E-state index contributed by atoms with van der Waals surface area (Å²) >= 11 is 1.77.